The number of nitrogens with zero attached hydrogens (tertiary/aromatic N) is 1. The van der Waals surface area contributed by atoms with E-state index < -0.39 is 25.4 Å². The van der Waals surface area contributed by atoms with Gasteiger partial charge in [0.25, 0.3) is 0 Å². The number of nitrogens with two attached hydrogens (primary N) is 1. The summed E-state index contributed by atoms with van der Waals surface area (Å²) >= 11 is 0. The van der Waals surface area contributed by atoms with Gasteiger partial charge in [-0.25, -0.2) is 0 Å². The summed E-state index contributed by atoms with van der Waals surface area (Å²) in [4.78, 5) is 2.02. The second-order valence-corrected chi connectivity index (χ2v) is 5.05. The second-order valence-electron chi connectivity index (χ2n) is 5.05. The zero-order valence-electron chi connectivity index (χ0n) is 12.8. The Morgan fingerprint density at radius 2 is 1.27 bits per heavy atom. The summed E-state index contributed by atoms with van der Waals surface area (Å²) in [6, 6.07) is 10.0. The van der Waals surface area contributed by atoms with Crippen LogP contribution in [0.1, 0.15) is 5.56 Å². The van der Waals surface area contributed by atoms with E-state index in [1.54, 1.807) is 0 Å². The number of hydrogen-bond donors (Lipinski definition) is 6. The maximum atomic E-state index is 8.82. The van der Waals surface area contributed by atoms with E-state index >= 15 is 0 Å². The number of aliphatic hydroxyl groups is 5. The van der Waals surface area contributed by atoms with Gasteiger partial charge in [0.05, 0.1) is 38.6 Å². The SMILES string of the molecule is NC(CO)(CO)CO.OCCN(CCO)Cc1ccccc1. The quantitative estimate of drug-likeness (QED) is 0.315. The third-order valence-corrected chi connectivity index (χ3v) is 3.03. The Hall–Kier alpha value is -1.06. The molecular formula is C15H28N2O5. The number of hydrogen-bond acceptors (Lipinski definition) is 7. The standard InChI is InChI=1S/C11H17NO2.C4H11NO3/c13-8-6-12(7-9-14)10-11-4-2-1-3-5-11;5-4(1-6,2-7)3-8/h1-5,13-14H,6-10H2;6-8H,1-3,5H2. The average Bonchev–Trinajstić information content (AvgIpc) is 2.56. The fraction of sp³-hybridized carbons (Fsp3) is 0.600. The highest BCUT2D eigenvalue weighted by Crippen LogP contribution is 2.03. The van der Waals surface area contributed by atoms with Gasteiger partial charge >= 0.3 is 0 Å². The Balaban J connectivity index is 0.000000472. The molecule has 0 heterocycles. The Bertz CT molecular complexity index is 346. The third kappa shape index (κ3) is 9.06. The summed E-state index contributed by atoms with van der Waals surface area (Å²) in [6.07, 6.45) is 0. The lowest BCUT2D eigenvalue weighted by Crippen LogP contribution is -2.50. The van der Waals surface area contributed by atoms with Crippen LogP contribution >= 0.6 is 0 Å². The molecule has 0 aliphatic rings. The minimum atomic E-state index is -1.21. The van der Waals surface area contributed by atoms with Crippen molar-refractivity contribution in [3.05, 3.63) is 35.9 Å². The van der Waals surface area contributed by atoms with Crippen molar-refractivity contribution in [2.24, 2.45) is 5.73 Å². The molecular weight excluding hydrogens is 288 g/mol. The van der Waals surface area contributed by atoms with E-state index in [0.29, 0.717) is 13.1 Å². The summed E-state index contributed by atoms with van der Waals surface area (Å²) in [6.45, 7) is 1.05. The molecule has 22 heavy (non-hydrogen) atoms. The molecule has 0 fully saturated rings. The molecule has 0 unspecified atom stereocenters. The smallest absolute Gasteiger partial charge is 0.0856 e. The molecule has 7 N–H and O–H groups in total. The zero-order valence-corrected chi connectivity index (χ0v) is 12.8. The summed E-state index contributed by atoms with van der Waals surface area (Å²) < 4.78 is 0. The van der Waals surface area contributed by atoms with E-state index in [1.165, 1.54) is 5.56 Å². The molecule has 0 saturated carbocycles. The lowest BCUT2D eigenvalue weighted by Gasteiger charge is -2.20. The van der Waals surface area contributed by atoms with Crippen LogP contribution in [0.3, 0.4) is 0 Å². The zero-order chi connectivity index (χ0) is 16.8. The van der Waals surface area contributed by atoms with E-state index in [9.17, 15) is 0 Å². The first-order valence-corrected chi connectivity index (χ1v) is 7.14. The summed E-state index contributed by atoms with van der Waals surface area (Å²) in [5, 5.41) is 42.7. The molecule has 128 valence electrons. The van der Waals surface area contributed by atoms with Crippen LogP contribution in [0, 0.1) is 0 Å². The van der Waals surface area contributed by atoms with Crippen LogP contribution in [0.4, 0.5) is 0 Å². The van der Waals surface area contributed by atoms with E-state index in [1.807, 2.05) is 35.2 Å². The first-order valence-electron chi connectivity index (χ1n) is 7.14. The lowest BCUT2D eigenvalue weighted by atomic mass is 10.1. The number of aliphatic hydroxyl groups excluding tert-OH is 5. The van der Waals surface area contributed by atoms with E-state index in [4.69, 9.17) is 31.3 Å². The van der Waals surface area contributed by atoms with Gasteiger partial charge in [-0.15, -0.1) is 0 Å². The number of rotatable bonds is 9. The van der Waals surface area contributed by atoms with E-state index in [-0.39, 0.29) is 13.2 Å². The van der Waals surface area contributed by atoms with Gasteiger partial charge in [-0.05, 0) is 5.56 Å². The fourth-order valence-electron chi connectivity index (χ4n) is 1.54. The summed E-state index contributed by atoms with van der Waals surface area (Å²) in [5.41, 5.74) is 5.14. The molecule has 0 aliphatic carbocycles. The summed E-state index contributed by atoms with van der Waals surface area (Å²) in [7, 11) is 0. The van der Waals surface area contributed by atoms with Gasteiger partial charge in [0, 0.05) is 19.6 Å². The molecule has 0 aromatic heterocycles. The Morgan fingerprint density at radius 3 is 1.59 bits per heavy atom. The molecule has 7 nitrogen and oxygen atoms in total. The fourth-order valence-corrected chi connectivity index (χ4v) is 1.54. The molecule has 0 atom stereocenters. The molecule has 1 aromatic rings. The second kappa shape index (κ2) is 12.5. The van der Waals surface area contributed by atoms with Crippen LogP contribution < -0.4 is 5.73 Å². The molecule has 0 bridgehead atoms. The molecule has 0 amide bonds. The van der Waals surface area contributed by atoms with Crippen LogP contribution in [-0.2, 0) is 6.54 Å². The van der Waals surface area contributed by atoms with Crippen molar-refractivity contribution in [1.82, 2.24) is 4.90 Å². The van der Waals surface area contributed by atoms with Gasteiger partial charge in [0.15, 0.2) is 0 Å². The monoisotopic (exact) mass is 316 g/mol. The van der Waals surface area contributed by atoms with Crippen LogP contribution in [0.2, 0.25) is 0 Å². The highest BCUT2D eigenvalue weighted by atomic mass is 16.3. The molecule has 0 radical (unpaired) electrons. The lowest BCUT2D eigenvalue weighted by molar-refractivity contribution is 0.0697. The van der Waals surface area contributed by atoms with E-state index in [0.717, 1.165) is 6.54 Å². The van der Waals surface area contributed by atoms with Crippen LogP contribution in [-0.4, -0.2) is 82.1 Å². The van der Waals surface area contributed by atoms with Gasteiger partial charge in [-0.2, -0.15) is 0 Å². The van der Waals surface area contributed by atoms with Crippen molar-refractivity contribution in [2.75, 3.05) is 46.1 Å². The largest absolute Gasteiger partial charge is 0.395 e. The predicted octanol–water partition coefficient (Wildman–Crippen LogP) is -1.87. The maximum absolute atomic E-state index is 8.82. The van der Waals surface area contributed by atoms with Crippen molar-refractivity contribution in [2.45, 2.75) is 12.1 Å². The highest BCUT2D eigenvalue weighted by Gasteiger charge is 2.20. The summed E-state index contributed by atoms with van der Waals surface area (Å²) in [5.74, 6) is 0. The first-order chi connectivity index (χ1) is 10.5. The Morgan fingerprint density at radius 1 is 0.818 bits per heavy atom. The average molecular weight is 316 g/mol. The van der Waals surface area contributed by atoms with Crippen molar-refractivity contribution < 1.29 is 25.5 Å². The normalized spacial score (nSPS) is 11.2. The third-order valence-electron chi connectivity index (χ3n) is 3.03. The van der Waals surface area contributed by atoms with Crippen molar-refractivity contribution in [3.63, 3.8) is 0 Å². The van der Waals surface area contributed by atoms with Crippen molar-refractivity contribution >= 4 is 0 Å². The number of benzene rings is 1. The molecule has 0 saturated heterocycles. The van der Waals surface area contributed by atoms with E-state index in [2.05, 4.69) is 0 Å². The maximum Gasteiger partial charge on any atom is 0.0856 e. The van der Waals surface area contributed by atoms with Gasteiger partial charge in [-0.3, -0.25) is 4.90 Å². The van der Waals surface area contributed by atoms with Gasteiger partial charge in [-0.1, -0.05) is 30.3 Å². The van der Waals surface area contributed by atoms with Gasteiger partial charge in [0.2, 0.25) is 0 Å². The molecule has 7 heteroatoms. The molecule has 0 aliphatic heterocycles. The first kappa shape index (κ1) is 20.9. The van der Waals surface area contributed by atoms with Crippen LogP contribution in [0.5, 0.6) is 0 Å². The topological polar surface area (TPSA) is 130 Å². The van der Waals surface area contributed by atoms with Crippen molar-refractivity contribution in [3.8, 4) is 0 Å². The predicted molar refractivity (Wildman–Crippen MR) is 84.1 cm³/mol. The van der Waals surface area contributed by atoms with Crippen LogP contribution in [0.25, 0.3) is 0 Å². The molecule has 0 spiro atoms. The molecule has 1 rings (SSSR count). The molecule has 1 aromatic carbocycles. The Kier molecular flexibility index (Phi) is 11.9. The van der Waals surface area contributed by atoms with Crippen molar-refractivity contribution in [1.29, 1.82) is 0 Å². The minimum absolute atomic E-state index is 0.132. The van der Waals surface area contributed by atoms with Gasteiger partial charge in [0.1, 0.15) is 0 Å². The Labute approximate surface area is 131 Å². The van der Waals surface area contributed by atoms with Crippen LogP contribution in [0.15, 0.2) is 30.3 Å². The highest BCUT2D eigenvalue weighted by molar-refractivity contribution is 5.14. The minimum Gasteiger partial charge on any atom is -0.395 e. The van der Waals surface area contributed by atoms with Gasteiger partial charge < -0.3 is 31.3 Å².